The van der Waals surface area contributed by atoms with Crippen molar-refractivity contribution in [1.82, 2.24) is 15.1 Å². The first-order chi connectivity index (χ1) is 11.2. The van der Waals surface area contributed by atoms with Crippen molar-refractivity contribution in [2.24, 2.45) is 0 Å². The maximum absolute atomic E-state index is 11.8. The molecule has 0 spiro atoms. The standard InChI is InChI=1S/C17H27N3O3/c1-19-9-11-20(12-10-19)8-4-7-18-17(21)14-23-16-6-3-5-15(13-16)22-2/h3,5-6,13H,4,7-12,14H2,1-2H3,(H,18,21). The number of carbonyl (C=O) groups is 1. The predicted octanol–water partition coefficient (Wildman–Crippen LogP) is 0.828. The molecule has 23 heavy (non-hydrogen) atoms. The normalized spacial score (nSPS) is 16.1. The minimum absolute atomic E-state index is 0.0294. The van der Waals surface area contributed by atoms with Crippen molar-refractivity contribution in [3.8, 4) is 11.5 Å². The summed E-state index contributed by atoms with van der Waals surface area (Å²) in [5.74, 6) is 1.26. The van der Waals surface area contributed by atoms with Crippen LogP contribution in [0.5, 0.6) is 11.5 Å². The van der Waals surface area contributed by atoms with E-state index in [4.69, 9.17) is 9.47 Å². The molecule has 1 aromatic rings. The van der Waals surface area contributed by atoms with E-state index in [1.54, 1.807) is 13.2 Å². The van der Waals surface area contributed by atoms with Crippen molar-refractivity contribution in [1.29, 1.82) is 0 Å². The second kappa shape index (κ2) is 9.37. The SMILES string of the molecule is COc1cccc(OCC(=O)NCCCN2CCN(C)CC2)c1. The number of ether oxygens (including phenoxy) is 2. The number of amides is 1. The lowest BCUT2D eigenvalue weighted by Gasteiger charge is -2.32. The first-order valence-electron chi connectivity index (χ1n) is 8.12. The summed E-state index contributed by atoms with van der Waals surface area (Å²) in [5, 5.41) is 2.90. The molecule has 6 nitrogen and oxygen atoms in total. The number of nitrogens with one attached hydrogen (secondary N) is 1. The van der Waals surface area contributed by atoms with Crippen LogP contribution < -0.4 is 14.8 Å². The first-order valence-corrected chi connectivity index (χ1v) is 8.12. The fraction of sp³-hybridized carbons (Fsp3) is 0.588. The summed E-state index contributed by atoms with van der Waals surface area (Å²) in [6.45, 7) is 6.23. The average molecular weight is 321 g/mol. The van der Waals surface area contributed by atoms with Gasteiger partial charge in [0.1, 0.15) is 11.5 Å². The Morgan fingerprint density at radius 3 is 2.70 bits per heavy atom. The highest BCUT2D eigenvalue weighted by atomic mass is 16.5. The molecule has 0 aromatic heterocycles. The Hall–Kier alpha value is -1.79. The molecule has 0 radical (unpaired) electrons. The molecule has 1 aliphatic heterocycles. The molecule has 0 aliphatic carbocycles. The van der Waals surface area contributed by atoms with Gasteiger partial charge in [0.25, 0.3) is 5.91 Å². The third-order valence-corrected chi connectivity index (χ3v) is 3.98. The van der Waals surface area contributed by atoms with Crippen molar-refractivity contribution < 1.29 is 14.3 Å². The molecule has 128 valence electrons. The fourth-order valence-electron chi connectivity index (χ4n) is 2.49. The summed E-state index contributed by atoms with van der Waals surface area (Å²) in [6.07, 6.45) is 0.967. The molecule has 1 fully saturated rings. The van der Waals surface area contributed by atoms with E-state index < -0.39 is 0 Å². The Bertz CT molecular complexity index is 488. The summed E-state index contributed by atoms with van der Waals surface area (Å²) >= 11 is 0. The number of hydrogen-bond donors (Lipinski definition) is 1. The molecular weight excluding hydrogens is 294 g/mol. The third-order valence-electron chi connectivity index (χ3n) is 3.98. The van der Waals surface area contributed by atoms with Crippen molar-refractivity contribution in [2.75, 3.05) is 60.0 Å². The Labute approximate surface area is 138 Å². The van der Waals surface area contributed by atoms with Crippen LogP contribution in [0, 0.1) is 0 Å². The van der Waals surface area contributed by atoms with E-state index in [-0.39, 0.29) is 12.5 Å². The molecule has 1 amide bonds. The van der Waals surface area contributed by atoms with Crippen LogP contribution in [0.25, 0.3) is 0 Å². The Balaban J connectivity index is 1.56. The van der Waals surface area contributed by atoms with E-state index in [0.717, 1.165) is 44.9 Å². The maximum atomic E-state index is 11.8. The van der Waals surface area contributed by atoms with Gasteiger partial charge >= 0.3 is 0 Å². The van der Waals surface area contributed by atoms with Crippen LogP contribution in [0.4, 0.5) is 0 Å². The van der Waals surface area contributed by atoms with Crippen LogP contribution in [0.3, 0.4) is 0 Å². The van der Waals surface area contributed by atoms with Crippen LogP contribution in [0.2, 0.25) is 0 Å². The van der Waals surface area contributed by atoms with Gasteiger partial charge in [-0.25, -0.2) is 0 Å². The zero-order valence-corrected chi connectivity index (χ0v) is 14.1. The fourth-order valence-corrected chi connectivity index (χ4v) is 2.49. The number of benzene rings is 1. The van der Waals surface area contributed by atoms with E-state index in [0.29, 0.717) is 12.3 Å². The van der Waals surface area contributed by atoms with Crippen molar-refractivity contribution in [3.63, 3.8) is 0 Å². The number of piperazine rings is 1. The lowest BCUT2D eigenvalue weighted by molar-refractivity contribution is -0.123. The van der Waals surface area contributed by atoms with Gasteiger partial charge in [-0.1, -0.05) is 6.07 Å². The molecule has 0 saturated carbocycles. The topological polar surface area (TPSA) is 54.0 Å². The zero-order valence-electron chi connectivity index (χ0n) is 14.1. The van der Waals surface area contributed by atoms with Crippen LogP contribution in [-0.2, 0) is 4.79 Å². The maximum Gasteiger partial charge on any atom is 0.257 e. The van der Waals surface area contributed by atoms with Gasteiger partial charge in [-0.05, 0) is 32.1 Å². The number of nitrogens with zero attached hydrogens (tertiary/aromatic N) is 2. The highest BCUT2D eigenvalue weighted by Crippen LogP contribution is 2.18. The third kappa shape index (κ3) is 6.46. The van der Waals surface area contributed by atoms with Gasteiger partial charge < -0.3 is 24.6 Å². The number of rotatable bonds is 8. The van der Waals surface area contributed by atoms with Gasteiger partial charge in [0.15, 0.2) is 6.61 Å². The Kier molecular flexibility index (Phi) is 7.16. The Morgan fingerprint density at radius 1 is 1.22 bits per heavy atom. The van der Waals surface area contributed by atoms with Crippen LogP contribution in [0.1, 0.15) is 6.42 Å². The van der Waals surface area contributed by atoms with E-state index >= 15 is 0 Å². The monoisotopic (exact) mass is 321 g/mol. The second-order valence-electron chi connectivity index (χ2n) is 5.82. The molecular formula is C17H27N3O3. The second-order valence-corrected chi connectivity index (χ2v) is 5.82. The number of likely N-dealkylation sites (N-methyl/N-ethyl adjacent to an activating group) is 1. The van der Waals surface area contributed by atoms with Gasteiger partial charge in [-0.2, -0.15) is 0 Å². The summed E-state index contributed by atoms with van der Waals surface area (Å²) in [4.78, 5) is 16.6. The van der Waals surface area contributed by atoms with Crippen LogP contribution in [0.15, 0.2) is 24.3 Å². The van der Waals surface area contributed by atoms with Crippen molar-refractivity contribution in [3.05, 3.63) is 24.3 Å². The van der Waals surface area contributed by atoms with Crippen molar-refractivity contribution in [2.45, 2.75) is 6.42 Å². The zero-order chi connectivity index (χ0) is 16.5. The largest absolute Gasteiger partial charge is 0.497 e. The van der Waals surface area contributed by atoms with Gasteiger partial charge in [-0.3, -0.25) is 4.79 Å². The molecule has 6 heteroatoms. The molecule has 0 bridgehead atoms. The number of methoxy groups -OCH3 is 1. The molecule has 1 aromatic carbocycles. The van der Waals surface area contributed by atoms with E-state index in [9.17, 15) is 4.79 Å². The van der Waals surface area contributed by atoms with Crippen LogP contribution in [-0.4, -0.2) is 75.7 Å². The molecule has 0 atom stereocenters. The smallest absolute Gasteiger partial charge is 0.257 e. The molecule has 1 saturated heterocycles. The molecule has 2 rings (SSSR count). The number of hydrogen-bond acceptors (Lipinski definition) is 5. The molecule has 1 N–H and O–H groups in total. The quantitative estimate of drug-likeness (QED) is 0.719. The number of carbonyl (C=O) groups excluding carboxylic acids is 1. The van der Waals surface area contributed by atoms with E-state index in [2.05, 4.69) is 22.2 Å². The summed E-state index contributed by atoms with van der Waals surface area (Å²) in [7, 11) is 3.76. The van der Waals surface area contributed by atoms with Gasteiger partial charge in [0.2, 0.25) is 0 Å². The van der Waals surface area contributed by atoms with E-state index in [1.165, 1.54) is 0 Å². The predicted molar refractivity (Wildman–Crippen MR) is 90.1 cm³/mol. The average Bonchev–Trinajstić information content (AvgIpc) is 2.58. The first kappa shape index (κ1) is 17.6. The molecule has 1 heterocycles. The lowest BCUT2D eigenvalue weighted by atomic mass is 10.3. The van der Waals surface area contributed by atoms with E-state index in [1.807, 2.05) is 18.2 Å². The summed E-state index contributed by atoms with van der Waals surface area (Å²) in [6, 6.07) is 7.25. The van der Waals surface area contributed by atoms with Gasteiger partial charge in [0.05, 0.1) is 7.11 Å². The highest BCUT2D eigenvalue weighted by molar-refractivity contribution is 5.77. The van der Waals surface area contributed by atoms with Gasteiger partial charge in [-0.15, -0.1) is 0 Å². The van der Waals surface area contributed by atoms with Crippen molar-refractivity contribution >= 4 is 5.91 Å². The minimum Gasteiger partial charge on any atom is -0.497 e. The molecule has 0 unspecified atom stereocenters. The lowest BCUT2D eigenvalue weighted by Crippen LogP contribution is -2.45. The van der Waals surface area contributed by atoms with Crippen LogP contribution >= 0.6 is 0 Å². The van der Waals surface area contributed by atoms with Gasteiger partial charge in [0, 0.05) is 38.8 Å². The summed E-state index contributed by atoms with van der Waals surface area (Å²) in [5.41, 5.74) is 0. The highest BCUT2D eigenvalue weighted by Gasteiger charge is 2.12. The summed E-state index contributed by atoms with van der Waals surface area (Å²) < 4.78 is 10.6. The Morgan fingerprint density at radius 2 is 1.96 bits per heavy atom. The minimum atomic E-state index is -0.0915. The molecule has 1 aliphatic rings.